The van der Waals surface area contributed by atoms with Crippen molar-refractivity contribution in [3.8, 4) is 0 Å². The number of hydrogen-bond acceptors (Lipinski definition) is 3. The average Bonchev–Trinajstić information content (AvgIpc) is 3.02. The van der Waals surface area contributed by atoms with Gasteiger partial charge in [0, 0.05) is 18.1 Å². The monoisotopic (exact) mass is 282 g/mol. The van der Waals surface area contributed by atoms with Crippen molar-refractivity contribution >= 4 is 11.9 Å². The zero-order chi connectivity index (χ0) is 14.7. The lowest BCUT2D eigenvalue weighted by atomic mass is 10.2. The minimum Gasteiger partial charge on any atom is -0.480 e. The molecule has 2 fully saturated rings. The molecule has 2 aliphatic carbocycles. The molecule has 0 aromatic carbocycles. The molecule has 2 aliphatic rings. The van der Waals surface area contributed by atoms with Crippen molar-refractivity contribution in [2.75, 3.05) is 13.1 Å². The quantitative estimate of drug-likeness (QED) is 0.772. The lowest BCUT2D eigenvalue weighted by Gasteiger charge is -2.32. The Kier molecular flexibility index (Phi) is 5.02. The summed E-state index contributed by atoms with van der Waals surface area (Å²) < 4.78 is 0. The second-order valence-electron chi connectivity index (χ2n) is 6.36. The summed E-state index contributed by atoms with van der Waals surface area (Å²) in [6.45, 7) is 4.05. The van der Waals surface area contributed by atoms with E-state index in [-0.39, 0.29) is 25.0 Å². The van der Waals surface area contributed by atoms with Gasteiger partial charge in [-0.2, -0.15) is 0 Å². The number of carboxylic acid groups (broad SMARTS) is 1. The predicted molar refractivity (Wildman–Crippen MR) is 76.5 cm³/mol. The zero-order valence-electron chi connectivity index (χ0n) is 12.5. The van der Waals surface area contributed by atoms with Crippen LogP contribution in [0.5, 0.6) is 0 Å². The first-order valence-electron chi connectivity index (χ1n) is 7.76. The molecule has 0 aromatic rings. The Morgan fingerprint density at radius 3 is 2.05 bits per heavy atom. The van der Waals surface area contributed by atoms with Gasteiger partial charge in [0.1, 0.15) is 0 Å². The van der Waals surface area contributed by atoms with E-state index in [0.717, 1.165) is 25.7 Å². The van der Waals surface area contributed by atoms with E-state index in [1.165, 1.54) is 12.8 Å². The number of rotatable bonds is 7. The molecule has 114 valence electrons. The van der Waals surface area contributed by atoms with Crippen LogP contribution >= 0.6 is 0 Å². The van der Waals surface area contributed by atoms with Gasteiger partial charge in [0.15, 0.2) is 0 Å². The van der Waals surface area contributed by atoms with Gasteiger partial charge in [-0.05, 0) is 39.5 Å². The number of aliphatic carboxylic acids is 1. The second-order valence-corrected chi connectivity index (χ2v) is 6.36. The van der Waals surface area contributed by atoms with E-state index in [4.69, 9.17) is 5.11 Å². The third kappa shape index (κ3) is 3.95. The molecule has 2 rings (SSSR count). The van der Waals surface area contributed by atoms with Gasteiger partial charge >= 0.3 is 5.97 Å². The van der Waals surface area contributed by atoms with Crippen molar-refractivity contribution in [3.63, 3.8) is 0 Å². The maximum Gasteiger partial charge on any atom is 0.317 e. The Hall–Kier alpha value is -1.10. The maximum absolute atomic E-state index is 12.6. The number of carbonyl (C=O) groups is 2. The summed E-state index contributed by atoms with van der Waals surface area (Å²) in [4.78, 5) is 27.3. The van der Waals surface area contributed by atoms with Crippen LogP contribution < -0.4 is 0 Å². The van der Waals surface area contributed by atoms with Gasteiger partial charge in [-0.25, -0.2) is 0 Å². The van der Waals surface area contributed by atoms with Crippen molar-refractivity contribution < 1.29 is 14.7 Å². The molecule has 2 saturated carbocycles. The molecular weight excluding hydrogens is 256 g/mol. The molecule has 5 heteroatoms. The molecule has 1 amide bonds. The normalized spacial score (nSPS) is 19.8. The highest BCUT2D eigenvalue weighted by Gasteiger charge is 2.38. The highest BCUT2D eigenvalue weighted by molar-refractivity contribution is 5.80. The zero-order valence-corrected chi connectivity index (χ0v) is 12.5. The number of amides is 1. The molecule has 5 nitrogen and oxygen atoms in total. The van der Waals surface area contributed by atoms with E-state index >= 15 is 0 Å². The molecule has 1 N–H and O–H groups in total. The minimum absolute atomic E-state index is 0.0629. The lowest BCUT2D eigenvalue weighted by Crippen LogP contribution is -2.48. The standard InChI is InChI=1S/C15H26N2O3/c1-11(2)16(10-15(19)20)9-14(18)17(13-7-8-13)12-5-3-4-6-12/h11-13H,3-10H2,1-2H3,(H,19,20). The van der Waals surface area contributed by atoms with Crippen LogP contribution in [0.3, 0.4) is 0 Å². The number of carbonyl (C=O) groups excluding carboxylic acids is 1. The van der Waals surface area contributed by atoms with Crippen LogP contribution in [0.25, 0.3) is 0 Å². The molecule has 0 radical (unpaired) electrons. The van der Waals surface area contributed by atoms with Gasteiger partial charge in [0.25, 0.3) is 0 Å². The van der Waals surface area contributed by atoms with Crippen LogP contribution in [0.2, 0.25) is 0 Å². The largest absolute Gasteiger partial charge is 0.480 e. The van der Waals surface area contributed by atoms with Crippen LogP contribution in [0, 0.1) is 0 Å². The van der Waals surface area contributed by atoms with Crippen LogP contribution in [-0.4, -0.2) is 58.0 Å². The van der Waals surface area contributed by atoms with Gasteiger partial charge in [0.2, 0.25) is 5.91 Å². The molecule has 20 heavy (non-hydrogen) atoms. The first-order valence-corrected chi connectivity index (χ1v) is 7.76. The first kappa shape index (κ1) is 15.3. The Morgan fingerprint density at radius 1 is 1.05 bits per heavy atom. The topological polar surface area (TPSA) is 60.9 Å². The molecule has 0 spiro atoms. The summed E-state index contributed by atoms with van der Waals surface area (Å²) >= 11 is 0. The van der Waals surface area contributed by atoms with E-state index in [1.54, 1.807) is 4.90 Å². The van der Waals surface area contributed by atoms with Gasteiger partial charge < -0.3 is 10.0 Å². The van der Waals surface area contributed by atoms with Crippen LogP contribution in [-0.2, 0) is 9.59 Å². The van der Waals surface area contributed by atoms with Crippen LogP contribution in [0.15, 0.2) is 0 Å². The highest BCUT2D eigenvalue weighted by atomic mass is 16.4. The Labute approximate surface area is 120 Å². The number of hydrogen-bond donors (Lipinski definition) is 1. The van der Waals surface area contributed by atoms with Crippen LogP contribution in [0.1, 0.15) is 52.4 Å². The van der Waals surface area contributed by atoms with E-state index in [1.807, 2.05) is 13.8 Å². The third-order valence-electron chi connectivity index (χ3n) is 4.35. The fourth-order valence-corrected chi connectivity index (χ4v) is 3.09. The van der Waals surface area contributed by atoms with Gasteiger partial charge in [-0.1, -0.05) is 12.8 Å². The second kappa shape index (κ2) is 6.57. The fourth-order valence-electron chi connectivity index (χ4n) is 3.09. The molecule has 0 heterocycles. The summed E-state index contributed by atoms with van der Waals surface area (Å²) in [7, 11) is 0. The molecule has 0 aliphatic heterocycles. The molecule has 0 bridgehead atoms. The van der Waals surface area contributed by atoms with Crippen molar-refractivity contribution in [2.45, 2.75) is 70.5 Å². The van der Waals surface area contributed by atoms with Crippen molar-refractivity contribution in [3.05, 3.63) is 0 Å². The summed E-state index contributed by atoms with van der Waals surface area (Å²) in [6, 6.07) is 0.887. The first-order chi connectivity index (χ1) is 9.49. The predicted octanol–water partition coefficient (Wildman–Crippen LogP) is 1.71. The maximum atomic E-state index is 12.6. The lowest BCUT2D eigenvalue weighted by molar-refractivity contribution is -0.141. The van der Waals surface area contributed by atoms with Crippen molar-refractivity contribution in [1.29, 1.82) is 0 Å². The summed E-state index contributed by atoms with van der Waals surface area (Å²) in [6.07, 6.45) is 6.88. The molecule has 0 unspecified atom stereocenters. The minimum atomic E-state index is -0.870. The molecular formula is C15H26N2O3. The van der Waals surface area contributed by atoms with E-state index in [2.05, 4.69) is 4.90 Å². The average molecular weight is 282 g/mol. The number of nitrogens with zero attached hydrogens (tertiary/aromatic N) is 2. The fraction of sp³-hybridized carbons (Fsp3) is 0.867. The summed E-state index contributed by atoms with van der Waals surface area (Å²) in [5, 5.41) is 8.95. The highest BCUT2D eigenvalue weighted by Crippen LogP contribution is 2.34. The van der Waals surface area contributed by atoms with Gasteiger partial charge in [0.05, 0.1) is 13.1 Å². The molecule has 0 aromatic heterocycles. The third-order valence-corrected chi connectivity index (χ3v) is 4.35. The van der Waals surface area contributed by atoms with E-state index < -0.39 is 5.97 Å². The molecule has 0 atom stereocenters. The SMILES string of the molecule is CC(C)N(CC(=O)O)CC(=O)N(C1CCCC1)C1CC1. The van der Waals surface area contributed by atoms with E-state index in [0.29, 0.717) is 12.1 Å². The summed E-state index contributed by atoms with van der Waals surface area (Å²) in [5.74, 6) is -0.750. The molecule has 0 saturated heterocycles. The van der Waals surface area contributed by atoms with Crippen molar-refractivity contribution in [2.24, 2.45) is 0 Å². The Morgan fingerprint density at radius 2 is 1.60 bits per heavy atom. The van der Waals surface area contributed by atoms with Gasteiger partial charge in [-0.3, -0.25) is 14.5 Å². The van der Waals surface area contributed by atoms with Gasteiger partial charge in [-0.15, -0.1) is 0 Å². The van der Waals surface area contributed by atoms with Crippen molar-refractivity contribution in [1.82, 2.24) is 9.80 Å². The summed E-state index contributed by atoms with van der Waals surface area (Å²) in [5.41, 5.74) is 0. The number of carboxylic acids is 1. The van der Waals surface area contributed by atoms with Crippen LogP contribution in [0.4, 0.5) is 0 Å². The smallest absolute Gasteiger partial charge is 0.317 e. The Bertz CT molecular complexity index is 360. The van der Waals surface area contributed by atoms with E-state index in [9.17, 15) is 9.59 Å². The Balaban J connectivity index is 1.97.